The molecule has 1 saturated heterocycles. The highest BCUT2D eigenvalue weighted by atomic mass is 19.4. The fraction of sp³-hybridized carbons (Fsp3) is 0.263. The first-order chi connectivity index (χ1) is 14.3. The van der Waals surface area contributed by atoms with E-state index in [4.69, 9.17) is 4.42 Å². The van der Waals surface area contributed by atoms with Crippen molar-refractivity contribution in [2.45, 2.75) is 19.3 Å². The molecule has 0 aliphatic carbocycles. The maximum atomic E-state index is 13.7. The number of hydrogen-bond donors (Lipinski definition) is 1. The fourth-order valence-electron chi connectivity index (χ4n) is 3.16. The molecular weight excluding hydrogens is 401 g/mol. The van der Waals surface area contributed by atoms with Crippen molar-refractivity contribution in [3.8, 4) is 11.3 Å². The van der Waals surface area contributed by atoms with Gasteiger partial charge in [0, 0.05) is 31.0 Å². The largest absolute Gasteiger partial charge is 0.491 e. The van der Waals surface area contributed by atoms with Gasteiger partial charge >= 0.3 is 6.30 Å². The Hall–Kier alpha value is -3.63. The highest BCUT2D eigenvalue weighted by Gasteiger charge is 2.40. The summed E-state index contributed by atoms with van der Waals surface area (Å²) in [6, 6.07) is 6.92. The monoisotopic (exact) mass is 418 g/mol. The molecule has 11 heteroatoms. The van der Waals surface area contributed by atoms with E-state index in [9.17, 15) is 18.0 Å². The molecular formula is C19H17F3N6O2. The van der Waals surface area contributed by atoms with Crippen LogP contribution in [0.5, 0.6) is 0 Å². The predicted molar refractivity (Wildman–Crippen MR) is 102 cm³/mol. The molecule has 0 radical (unpaired) electrons. The van der Waals surface area contributed by atoms with E-state index in [-0.39, 0.29) is 28.3 Å². The Morgan fingerprint density at radius 2 is 1.97 bits per heavy atom. The second-order valence-electron chi connectivity index (χ2n) is 6.57. The van der Waals surface area contributed by atoms with Crippen LogP contribution < -0.4 is 15.1 Å². The molecule has 1 fully saturated rings. The van der Waals surface area contributed by atoms with Crippen molar-refractivity contribution in [3.05, 3.63) is 48.9 Å². The zero-order valence-corrected chi connectivity index (χ0v) is 15.8. The van der Waals surface area contributed by atoms with E-state index in [2.05, 4.69) is 20.3 Å². The lowest BCUT2D eigenvalue weighted by molar-refractivity contribution is -0.123. The van der Waals surface area contributed by atoms with E-state index in [0.717, 1.165) is 0 Å². The number of nitrogens with zero attached hydrogens (tertiary/aromatic N) is 5. The van der Waals surface area contributed by atoms with Crippen LogP contribution in [0.4, 0.5) is 30.8 Å². The molecule has 1 aliphatic rings. The van der Waals surface area contributed by atoms with Crippen LogP contribution in [-0.2, 0) is 4.79 Å². The highest BCUT2D eigenvalue weighted by Crippen LogP contribution is 2.36. The van der Waals surface area contributed by atoms with Gasteiger partial charge in [-0.1, -0.05) is 12.1 Å². The van der Waals surface area contributed by atoms with Crippen LogP contribution in [0.1, 0.15) is 6.92 Å². The molecule has 3 aromatic rings. The maximum Gasteiger partial charge on any atom is 0.491 e. The molecule has 1 unspecified atom stereocenters. The van der Waals surface area contributed by atoms with E-state index in [1.165, 1.54) is 42.9 Å². The summed E-state index contributed by atoms with van der Waals surface area (Å²) >= 11 is 0. The van der Waals surface area contributed by atoms with Crippen molar-refractivity contribution in [1.29, 1.82) is 0 Å². The number of carbonyl (C=O) groups is 1. The number of hydrogen-bond acceptors (Lipinski definition) is 7. The topological polar surface area (TPSA) is 87.4 Å². The first kappa shape index (κ1) is 19.7. The Morgan fingerprint density at radius 1 is 1.20 bits per heavy atom. The summed E-state index contributed by atoms with van der Waals surface area (Å²) in [5.41, 5.74) is 0.223. The van der Waals surface area contributed by atoms with E-state index < -0.39 is 18.3 Å². The average molecular weight is 418 g/mol. The third-order valence-corrected chi connectivity index (χ3v) is 4.63. The summed E-state index contributed by atoms with van der Waals surface area (Å²) < 4.78 is 46.9. The van der Waals surface area contributed by atoms with E-state index in [1.54, 1.807) is 17.9 Å². The second-order valence-corrected chi connectivity index (χ2v) is 6.57. The maximum absolute atomic E-state index is 13.7. The quantitative estimate of drug-likeness (QED) is 0.652. The van der Waals surface area contributed by atoms with Crippen molar-refractivity contribution in [2.24, 2.45) is 0 Å². The summed E-state index contributed by atoms with van der Waals surface area (Å²) in [6.07, 6.45) is -0.832. The van der Waals surface area contributed by atoms with Gasteiger partial charge in [-0.15, -0.1) is 13.2 Å². The van der Waals surface area contributed by atoms with Gasteiger partial charge in [-0.25, -0.2) is 19.9 Å². The van der Waals surface area contributed by atoms with E-state index in [0.29, 0.717) is 18.7 Å². The number of halogens is 3. The zero-order chi connectivity index (χ0) is 21.3. The number of alkyl halides is 3. The molecule has 156 valence electrons. The number of carbonyl (C=O) groups excluding carboxylic acids is 1. The lowest BCUT2D eigenvalue weighted by atomic mass is 10.1. The van der Waals surface area contributed by atoms with Crippen LogP contribution in [-0.4, -0.2) is 46.3 Å². The number of anilines is 3. The Kier molecular flexibility index (Phi) is 5.02. The molecule has 30 heavy (non-hydrogen) atoms. The predicted octanol–water partition coefficient (Wildman–Crippen LogP) is 3.11. The third-order valence-electron chi connectivity index (χ3n) is 4.63. The second kappa shape index (κ2) is 7.65. The number of benzene rings is 1. The molecule has 0 saturated carbocycles. The van der Waals surface area contributed by atoms with E-state index in [1.807, 2.05) is 0 Å². The van der Waals surface area contributed by atoms with Gasteiger partial charge in [0.25, 0.3) is 6.01 Å². The molecule has 3 heterocycles. The lowest BCUT2D eigenvalue weighted by Crippen LogP contribution is -2.54. The van der Waals surface area contributed by atoms with Gasteiger partial charge in [0.1, 0.15) is 6.04 Å². The van der Waals surface area contributed by atoms with Gasteiger partial charge in [-0.05, 0) is 25.1 Å². The average Bonchev–Trinajstić information content (AvgIpc) is 3.20. The van der Waals surface area contributed by atoms with Crippen molar-refractivity contribution in [1.82, 2.24) is 20.3 Å². The minimum Gasteiger partial charge on any atom is -0.423 e. The molecule has 2 aromatic heterocycles. The van der Waals surface area contributed by atoms with Gasteiger partial charge in [0.05, 0.1) is 11.9 Å². The lowest BCUT2D eigenvalue weighted by Gasteiger charge is -2.31. The minimum absolute atomic E-state index is 0.0881. The van der Waals surface area contributed by atoms with Gasteiger partial charge in [-0.3, -0.25) is 4.79 Å². The van der Waals surface area contributed by atoms with Crippen LogP contribution in [0.25, 0.3) is 11.3 Å². The van der Waals surface area contributed by atoms with Crippen molar-refractivity contribution in [3.63, 3.8) is 0 Å². The van der Waals surface area contributed by atoms with Crippen LogP contribution in [0.2, 0.25) is 0 Å². The SMILES string of the molecule is CC1C(=O)NCCN1c1ncc(-c2cccc(N(c3ncccn3)C(F)(F)F)c2)o1. The summed E-state index contributed by atoms with van der Waals surface area (Å²) in [7, 11) is 0. The Labute approximate surface area is 169 Å². The highest BCUT2D eigenvalue weighted by molar-refractivity contribution is 5.85. The minimum atomic E-state index is -4.73. The zero-order valence-electron chi connectivity index (χ0n) is 15.8. The smallest absolute Gasteiger partial charge is 0.423 e. The van der Waals surface area contributed by atoms with Crippen LogP contribution >= 0.6 is 0 Å². The number of piperazine rings is 1. The number of oxazole rings is 1. The molecule has 1 atom stereocenters. The molecule has 1 amide bonds. The molecule has 0 spiro atoms. The first-order valence-corrected chi connectivity index (χ1v) is 9.09. The van der Waals surface area contributed by atoms with Crippen molar-refractivity contribution in [2.75, 3.05) is 22.9 Å². The first-order valence-electron chi connectivity index (χ1n) is 9.09. The fourth-order valence-corrected chi connectivity index (χ4v) is 3.16. The summed E-state index contributed by atoms with van der Waals surface area (Å²) in [4.78, 5) is 25.3. The molecule has 1 N–H and O–H groups in total. The van der Waals surface area contributed by atoms with E-state index >= 15 is 0 Å². The molecule has 0 bridgehead atoms. The van der Waals surface area contributed by atoms with Gasteiger partial charge in [0.2, 0.25) is 11.9 Å². The summed E-state index contributed by atoms with van der Waals surface area (Å²) in [5, 5.41) is 2.75. The number of amides is 1. The number of rotatable bonds is 4. The molecule has 1 aromatic carbocycles. The van der Waals surface area contributed by atoms with Gasteiger partial charge in [0.15, 0.2) is 5.76 Å². The van der Waals surface area contributed by atoms with Crippen LogP contribution in [0.3, 0.4) is 0 Å². The standard InChI is InChI=1S/C19H17F3N6O2/c1-12-16(29)23-8-9-27(12)18-26-11-15(30-18)13-4-2-5-14(10-13)28(19(20,21)22)17-24-6-3-7-25-17/h2-7,10-12H,8-9H2,1H3,(H,23,29). The number of nitrogens with one attached hydrogen (secondary N) is 1. The normalized spacial score (nSPS) is 17.0. The number of aromatic nitrogens is 3. The Morgan fingerprint density at radius 3 is 2.70 bits per heavy atom. The van der Waals surface area contributed by atoms with Gasteiger partial charge < -0.3 is 14.6 Å². The van der Waals surface area contributed by atoms with Crippen LogP contribution in [0.15, 0.2) is 53.3 Å². The van der Waals surface area contributed by atoms with Crippen molar-refractivity contribution < 1.29 is 22.4 Å². The third kappa shape index (κ3) is 3.78. The molecule has 1 aliphatic heterocycles. The summed E-state index contributed by atoms with van der Waals surface area (Å²) in [6.45, 7) is 2.69. The summed E-state index contributed by atoms with van der Waals surface area (Å²) in [5.74, 6) is -0.360. The Balaban J connectivity index is 1.67. The van der Waals surface area contributed by atoms with Crippen molar-refractivity contribution >= 4 is 23.6 Å². The Bertz CT molecular complexity index is 1040. The molecule has 8 nitrogen and oxygen atoms in total. The molecule has 4 rings (SSSR count). The van der Waals surface area contributed by atoms with Crippen LogP contribution in [0, 0.1) is 0 Å². The van der Waals surface area contributed by atoms with Gasteiger partial charge in [-0.2, -0.15) is 0 Å².